The molecule has 0 bridgehead atoms. The summed E-state index contributed by atoms with van der Waals surface area (Å²) in [5.41, 5.74) is 0.948. The fraction of sp³-hybridized carbons (Fsp3) is 0.417. The highest BCUT2D eigenvalue weighted by Gasteiger charge is 2.32. The molecule has 1 aromatic carbocycles. The van der Waals surface area contributed by atoms with Crippen LogP contribution >= 0.6 is 12.4 Å². The third kappa shape index (κ3) is 3.70. The second kappa shape index (κ2) is 6.59. The molecule has 0 radical (unpaired) electrons. The van der Waals surface area contributed by atoms with Gasteiger partial charge in [0.1, 0.15) is 12.6 Å². The molecule has 2 atom stereocenters. The summed E-state index contributed by atoms with van der Waals surface area (Å²) in [6, 6.07) is 8.92. The van der Waals surface area contributed by atoms with E-state index in [0.717, 1.165) is 5.56 Å². The van der Waals surface area contributed by atoms with Gasteiger partial charge in [-0.3, -0.25) is 4.79 Å². The molecule has 1 aromatic rings. The summed E-state index contributed by atoms with van der Waals surface area (Å²) in [6.45, 7) is 0.914. The molecule has 94 valence electrons. The Morgan fingerprint density at radius 1 is 1.41 bits per heavy atom. The monoisotopic (exact) mass is 257 g/mol. The second-order valence-electron chi connectivity index (χ2n) is 3.88. The number of hydrogen-bond acceptors (Lipinski definition) is 4. The summed E-state index contributed by atoms with van der Waals surface area (Å²) >= 11 is 0. The lowest BCUT2D eigenvalue weighted by Gasteiger charge is -2.13. The van der Waals surface area contributed by atoms with Crippen molar-refractivity contribution < 1.29 is 14.6 Å². The van der Waals surface area contributed by atoms with Crippen molar-refractivity contribution in [3.05, 3.63) is 35.9 Å². The first-order valence-electron chi connectivity index (χ1n) is 5.39. The number of ether oxygens (including phenoxy) is 1. The van der Waals surface area contributed by atoms with Crippen LogP contribution in [0.25, 0.3) is 0 Å². The van der Waals surface area contributed by atoms with Gasteiger partial charge in [0.15, 0.2) is 0 Å². The average Bonchev–Trinajstić information content (AvgIpc) is 2.74. The highest BCUT2D eigenvalue weighted by Crippen LogP contribution is 2.09. The molecule has 0 aliphatic carbocycles. The largest absolute Gasteiger partial charge is 0.460 e. The zero-order valence-electron chi connectivity index (χ0n) is 9.33. The summed E-state index contributed by atoms with van der Waals surface area (Å²) in [6.07, 6.45) is -0.0197. The number of esters is 1. The molecular weight excluding hydrogens is 242 g/mol. The third-order valence-corrected chi connectivity index (χ3v) is 2.67. The highest BCUT2D eigenvalue weighted by atomic mass is 35.5. The van der Waals surface area contributed by atoms with Crippen molar-refractivity contribution in [2.75, 3.05) is 6.54 Å². The molecule has 0 aromatic heterocycles. The van der Waals surface area contributed by atoms with E-state index in [1.807, 2.05) is 30.3 Å². The summed E-state index contributed by atoms with van der Waals surface area (Å²) in [4.78, 5) is 11.6. The molecule has 5 heteroatoms. The zero-order chi connectivity index (χ0) is 11.4. The van der Waals surface area contributed by atoms with Gasteiger partial charge in [0, 0.05) is 0 Å². The summed E-state index contributed by atoms with van der Waals surface area (Å²) in [5.74, 6) is -0.381. The topological polar surface area (TPSA) is 58.6 Å². The quantitative estimate of drug-likeness (QED) is 0.789. The Morgan fingerprint density at radius 2 is 2.12 bits per heavy atom. The van der Waals surface area contributed by atoms with Crippen molar-refractivity contribution in [3.8, 4) is 0 Å². The van der Waals surface area contributed by atoms with Crippen LogP contribution in [0.4, 0.5) is 0 Å². The van der Waals surface area contributed by atoms with Gasteiger partial charge in [-0.05, 0) is 18.5 Å². The number of aliphatic hydroxyl groups is 1. The van der Waals surface area contributed by atoms with Crippen LogP contribution in [-0.4, -0.2) is 29.8 Å². The fourth-order valence-electron chi connectivity index (χ4n) is 1.75. The molecule has 2 N–H and O–H groups in total. The Kier molecular flexibility index (Phi) is 5.41. The first-order valence-corrected chi connectivity index (χ1v) is 5.39. The fourth-order valence-corrected chi connectivity index (χ4v) is 1.75. The minimum atomic E-state index is -0.622. The zero-order valence-corrected chi connectivity index (χ0v) is 10.2. The normalized spacial score (nSPS) is 22.9. The van der Waals surface area contributed by atoms with Gasteiger partial charge in [0.2, 0.25) is 0 Å². The molecule has 1 saturated heterocycles. The molecule has 1 aliphatic rings. The van der Waals surface area contributed by atoms with Crippen molar-refractivity contribution >= 4 is 18.4 Å². The number of rotatable bonds is 3. The SMILES string of the molecule is Cl.O=C(OCc1ccccc1)[C@H]1NCCC1O. The van der Waals surface area contributed by atoms with Crippen molar-refractivity contribution in [3.63, 3.8) is 0 Å². The molecule has 2 rings (SSSR count). The van der Waals surface area contributed by atoms with Crippen LogP contribution in [-0.2, 0) is 16.1 Å². The first kappa shape index (κ1) is 14.0. The van der Waals surface area contributed by atoms with Gasteiger partial charge in [-0.15, -0.1) is 12.4 Å². The van der Waals surface area contributed by atoms with Gasteiger partial charge in [-0.25, -0.2) is 0 Å². The average molecular weight is 258 g/mol. The lowest BCUT2D eigenvalue weighted by molar-refractivity contribution is -0.149. The standard InChI is InChI=1S/C12H15NO3.ClH/c14-10-6-7-13-11(10)12(15)16-8-9-4-2-1-3-5-9;/h1-5,10-11,13-14H,6-8H2;1H/t10?,11-;/m0./s1. The number of carbonyl (C=O) groups is 1. The lowest BCUT2D eigenvalue weighted by Crippen LogP contribution is -2.39. The van der Waals surface area contributed by atoms with Gasteiger partial charge in [0.25, 0.3) is 0 Å². The molecule has 4 nitrogen and oxygen atoms in total. The second-order valence-corrected chi connectivity index (χ2v) is 3.88. The van der Waals surface area contributed by atoms with Gasteiger partial charge < -0.3 is 15.2 Å². The summed E-state index contributed by atoms with van der Waals surface area (Å²) in [7, 11) is 0. The van der Waals surface area contributed by atoms with Crippen LogP contribution in [0, 0.1) is 0 Å². The van der Waals surface area contributed by atoms with Crippen LogP contribution < -0.4 is 5.32 Å². The van der Waals surface area contributed by atoms with Crippen LogP contribution in [0.15, 0.2) is 30.3 Å². The number of aliphatic hydroxyl groups excluding tert-OH is 1. The minimum Gasteiger partial charge on any atom is -0.460 e. The van der Waals surface area contributed by atoms with Crippen molar-refractivity contribution in [2.45, 2.75) is 25.2 Å². The van der Waals surface area contributed by atoms with E-state index in [9.17, 15) is 9.90 Å². The minimum absolute atomic E-state index is 0. The van der Waals surface area contributed by atoms with Gasteiger partial charge in [-0.2, -0.15) is 0 Å². The van der Waals surface area contributed by atoms with Crippen molar-refractivity contribution in [2.24, 2.45) is 0 Å². The number of benzene rings is 1. The Balaban J connectivity index is 0.00000144. The van der Waals surface area contributed by atoms with Crippen molar-refractivity contribution in [1.29, 1.82) is 0 Å². The predicted octanol–water partition coefficient (Wildman–Crippen LogP) is 0.874. The third-order valence-electron chi connectivity index (χ3n) is 2.67. The van der Waals surface area contributed by atoms with E-state index in [-0.39, 0.29) is 25.0 Å². The molecule has 1 heterocycles. The molecule has 17 heavy (non-hydrogen) atoms. The smallest absolute Gasteiger partial charge is 0.326 e. The Morgan fingerprint density at radius 3 is 2.71 bits per heavy atom. The molecule has 1 fully saturated rings. The maximum atomic E-state index is 11.6. The number of hydrogen-bond donors (Lipinski definition) is 2. The Labute approximate surface area is 106 Å². The summed E-state index contributed by atoms with van der Waals surface area (Å²) < 4.78 is 5.12. The van der Waals surface area contributed by atoms with Crippen LogP contribution in [0.1, 0.15) is 12.0 Å². The van der Waals surface area contributed by atoms with E-state index in [0.29, 0.717) is 13.0 Å². The van der Waals surface area contributed by atoms with Gasteiger partial charge in [-0.1, -0.05) is 30.3 Å². The van der Waals surface area contributed by atoms with E-state index in [2.05, 4.69) is 5.32 Å². The number of carbonyl (C=O) groups excluding carboxylic acids is 1. The van der Waals surface area contributed by atoms with E-state index in [1.54, 1.807) is 0 Å². The highest BCUT2D eigenvalue weighted by molar-refractivity contribution is 5.85. The molecule has 0 amide bonds. The van der Waals surface area contributed by atoms with Crippen LogP contribution in [0.3, 0.4) is 0 Å². The molecule has 0 spiro atoms. The number of halogens is 1. The van der Waals surface area contributed by atoms with Crippen LogP contribution in [0.5, 0.6) is 0 Å². The molecular formula is C12H16ClNO3. The Hall–Kier alpha value is -1.10. The lowest BCUT2D eigenvalue weighted by atomic mass is 10.2. The van der Waals surface area contributed by atoms with Crippen molar-refractivity contribution in [1.82, 2.24) is 5.32 Å². The Bertz CT molecular complexity index is 358. The van der Waals surface area contributed by atoms with E-state index < -0.39 is 12.1 Å². The van der Waals surface area contributed by atoms with E-state index in [4.69, 9.17) is 4.74 Å². The maximum absolute atomic E-state index is 11.6. The van der Waals surface area contributed by atoms with E-state index in [1.165, 1.54) is 0 Å². The molecule has 0 saturated carbocycles. The van der Waals surface area contributed by atoms with Gasteiger partial charge >= 0.3 is 5.97 Å². The molecule has 1 unspecified atom stereocenters. The predicted molar refractivity (Wildman–Crippen MR) is 65.9 cm³/mol. The maximum Gasteiger partial charge on any atom is 0.326 e. The first-order chi connectivity index (χ1) is 7.77. The van der Waals surface area contributed by atoms with E-state index >= 15 is 0 Å². The number of nitrogens with one attached hydrogen (secondary N) is 1. The summed E-state index contributed by atoms with van der Waals surface area (Å²) in [5, 5.41) is 12.4. The van der Waals surface area contributed by atoms with Gasteiger partial charge in [0.05, 0.1) is 6.10 Å². The molecule has 1 aliphatic heterocycles. The van der Waals surface area contributed by atoms with Crippen LogP contribution in [0.2, 0.25) is 0 Å².